The monoisotopic (exact) mass is 228 g/mol. The molecule has 0 fully saturated rings. The molecule has 0 saturated heterocycles. The molecule has 0 aromatic rings. The molecule has 0 aromatic carbocycles. The van der Waals surface area contributed by atoms with Crippen LogP contribution >= 0.6 is 0 Å². The Balaban J connectivity index is 3.48. The zero-order chi connectivity index (χ0) is 12.4. The van der Waals surface area contributed by atoms with Gasteiger partial charge in [-0.3, -0.25) is 11.3 Å². The van der Waals surface area contributed by atoms with E-state index in [2.05, 4.69) is 33.1 Å². The summed E-state index contributed by atoms with van der Waals surface area (Å²) in [5.41, 5.74) is 3.33. The largest absolute Gasteiger partial charge is 0.271 e. The van der Waals surface area contributed by atoms with E-state index in [1.807, 2.05) is 0 Å². The van der Waals surface area contributed by atoms with Crippen molar-refractivity contribution in [3.8, 4) is 0 Å². The molecule has 0 rings (SSSR count). The van der Waals surface area contributed by atoms with Crippen molar-refractivity contribution < 1.29 is 0 Å². The Kier molecular flexibility index (Phi) is 8.96. The summed E-state index contributed by atoms with van der Waals surface area (Å²) in [5.74, 6) is 5.59. The third-order valence-corrected chi connectivity index (χ3v) is 3.00. The van der Waals surface area contributed by atoms with Crippen LogP contribution in [0.15, 0.2) is 0 Å². The smallest absolute Gasteiger partial charge is 0.0215 e. The van der Waals surface area contributed by atoms with E-state index >= 15 is 0 Å². The van der Waals surface area contributed by atoms with E-state index in [1.165, 1.54) is 51.4 Å². The summed E-state index contributed by atoms with van der Waals surface area (Å²) in [6.07, 6.45) is 10.6. The normalized spacial score (nSPS) is 14.1. The van der Waals surface area contributed by atoms with Gasteiger partial charge in [0.15, 0.2) is 0 Å². The van der Waals surface area contributed by atoms with Crippen LogP contribution in [0.5, 0.6) is 0 Å². The van der Waals surface area contributed by atoms with Gasteiger partial charge in [-0.25, -0.2) is 0 Å². The average molecular weight is 228 g/mol. The highest BCUT2D eigenvalue weighted by Crippen LogP contribution is 2.23. The van der Waals surface area contributed by atoms with Crippen molar-refractivity contribution in [1.82, 2.24) is 5.43 Å². The molecular weight excluding hydrogens is 196 g/mol. The van der Waals surface area contributed by atoms with E-state index in [0.29, 0.717) is 11.5 Å². The van der Waals surface area contributed by atoms with Crippen molar-refractivity contribution in [1.29, 1.82) is 0 Å². The number of nitrogens with one attached hydrogen (secondary N) is 1. The van der Waals surface area contributed by atoms with Crippen LogP contribution in [0.3, 0.4) is 0 Å². The zero-order valence-corrected chi connectivity index (χ0v) is 11.8. The minimum Gasteiger partial charge on any atom is -0.271 e. The Morgan fingerprint density at radius 2 is 1.56 bits per heavy atom. The van der Waals surface area contributed by atoms with Gasteiger partial charge in [0, 0.05) is 6.04 Å². The molecule has 1 unspecified atom stereocenters. The zero-order valence-electron chi connectivity index (χ0n) is 11.8. The maximum Gasteiger partial charge on any atom is 0.0215 e. The first-order chi connectivity index (χ1) is 7.49. The second kappa shape index (κ2) is 9.00. The molecule has 98 valence electrons. The van der Waals surface area contributed by atoms with Crippen molar-refractivity contribution in [2.75, 3.05) is 0 Å². The fourth-order valence-electron chi connectivity index (χ4n) is 2.15. The van der Waals surface area contributed by atoms with Crippen LogP contribution in [0.1, 0.15) is 79.1 Å². The Morgan fingerprint density at radius 3 is 2.06 bits per heavy atom. The molecule has 0 amide bonds. The maximum atomic E-state index is 5.59. The molecule has 0 bridgehead atoms. The molecule has 16 heavy (non-hydrogen) atoms. The van der Waals surface area contributed by atoms with Gasteiger partial charge in [0.1, 0.15) is 0 Å². The lowest BCUT2D eigenvalue weighted by Crippen LogP contribution is -2.37. The fraction of sp³-hybridized carbons (Fsp3) is 1.00. The summed E-state index contributed by atoms with van der Waals surface area (Å²) < 4.78 is 0. The molecule has 2 nitrogen and oxygen atoms in total. The van der Waals surface area contributed by atoms with Crippen LogP contribution in [0, 0.1) is 5.41 Å². The standard InChI is InChI=1S/C14H32N2/c1-5-6-7-8-9-10-11-13(16-15)12-14(2,3)4/h13,16H,5-12,15H2,1-4H3. The first-order valence-corrected chi connectivity index (χ1v) is 6.95. The second-order valence-corrected chi connectivity index (χ2v) is 6.18. The highest BCUT2D eigenvalue weighted by atomic mass is 15.2. The molecular formula is C14H32N2. The molecule has 0 saturated carbocycles. The van der Waals surface area contributed by atoms with Crippen molar-refractivity contribution in [2.24, 2.45) is 11.3 Å². The highest BCUT2D eigenvalue weighted by Gasteiger charge is 2.16. The van der Waals surface area contributed by atoms with E-state index in [1.54, 1.807) is 0 Å². The van der Waals surface area contributed by atoms with Gasteiger partial charge in [-0.2, -0.15) is 0 Å². The third kappa shape index (κ3) is 10.4. The quantitative estimate of drug-likeness (QED) is 0.355. The SMILES string of the molecule is CCCCCCCCC(CC(C)(C)C)NN. The Hall–Kier alpha value is -0.0800. The van der Waals surface area contributed by atoms with Crippen molar-refractivity contribution in [3.05, 3.63) is 0 Å². The lowest BCUT2D eigenvalue weighted by molar-refractivity contribution is 0.295. The number of rotatable bonds is 9. The van der Waals surface area contributed by atoms with E-state index in [9.17, 15) is 0 Å². The fourth-order valence-corrected chi connectivity index (χ4v) is 2.15. The molecule has 0 spiro atoms. The predicted molar refractivity (Wildman–Crippen MR) is 73.2 cm³/mol. The molecule has 0 heterocycles. The van der Waals surface area contributed by atoms with Gasteiger partial charge >= 0.3 is 0 Å². The van der Waals surface area contributed by atoms with E-state index < -0.39 is 0 Å². The molecule has 2 heteroatoms. The Labute approximate surface area is 102 Å². The summed E-state index contributed by atoms with van der Waals surface area (Å²) in [6, 6.07) is 0.492. The summed E-state index contributed by atoms with van der Waals surface area (Å²) in [5, 5.41) is 0. The first-order valence-electron chi connectivity index (χ1n) is 6.95. The van der Waals surface area contributed by atoms with Crippen molar-refractivity contribution in [2.45, 2.75) is 85.1 Å². The number of unbranched alkanes of at least 4 members (excludes halogenated alkanes) is 5. The predicted octanol–water partition coefficient (Wildman–Crippen LogP) is 4.01. The van der Waals surface area contributed by atoms with Gasteiger partial charge < -0.3 is 0 Å². The maximum absolute atomic E-state index is 5.59. The second-order valence-electron chi connectivity index (χ2n) is 6.18. The van der Waals surface area contributed by atoms with E-state index in [0.717, 1.165) is 0 Å². The Bertz CT molecular complexity index is 149. The van der Waals surface area contributed by atoms with Crippen LogP contribution in [-0.2, 0) is 0 Å². The lowest BCUT2D eigenvalue weighted by Gasteiger charge is -2.25. The van der Waals surface area contributed by atoms with Crippen molar-refractivity contribution in [3.63, 3.8) is 0 Å². The van der Waals surface area contributed by atoms with Crippen LogP contribution in [0.25, 0.3) is 0 Å². The summed E-state index contributed by atoms with van der Waals surface area (Å²) in [6.45, 7) is 9.09. The van der Waals surface area contributed by atoms with Crippen LogP contribution in [0.4, 0.5) is 0 Å². The van der Waals surface area contributed by atoms with Crippen molar-refractivity contribution >= 4 is 0 Å². The number of nitrogens with two attached hydrogens (primary N) is 1. The molecule has 1 atom stereocenters. The number of hydrogen-bond donors (Lipinski definition) is 2. The van der Waals surface area contributed by atoms with Gasteiger partial charge in [-0.1, -0.05) is 66.2 Å². The van der Waals surface area contributed by atoms with Gasteiger partial charge in [-0.05, 0) is 18.3 Å². The van der Waals surface area contributed by atoms with Crippen LogP contribution < -0.4 is 11.3 Å². The van der Waals surface area contributed by atoms with Gasteiger partial charge in [-0.15, -0.1) is 0 Å². The van der Waals surface area contributed by atoms with Gasteiger partial charge in [0.05, 0.1) is 0 Å². The van der Waals surface area contributed by atoms with E-state index in [4.69, 9.17) is 5.84 Å². The molecule has 0 aliphatic rings. The molecule has 3 N–H and O–H groups in total. The van der Waals surface area contributed by atoms with Crippen LogP contribution in [0.2, 0.25) is 0 Å². The van der Waals surface area contributed by atoms with E-state index in [-0.39, 0.29) is 0 Å². The number of hydrogen-bond acceptors (Lipinski definition) is 2. The number of hydrazine groups is 1. The average Bonchev–Trinajstić information content (AvgIpc) is 2.19. The molecule has 0 radical (unpaired) electrons. The minimum absolute atomic E-state index is 0.374. The minimum atomic E-state index is 0.374. The third-order valence-electron chi connectivity index (χ3n) is 3.00. The Morgan fingerprint density at radius 1 is 1.00 bits per heavy atom. The molecule has 0 aliphatic heterocycles. The summed E-state index contributed by atoms with van der Waals surface area (Å²) in [7, 11) is 0. The topological polar surface area (TPSA) is 38.0 Å². The summed E-state index contributed by atoms with van der Waals surface area (Å²) in [4.78, 5) is 0. The summed E-state index contributed by atoms with van der Waals surface area (Å²) >= 11 is 0. The van der Waals surface area contributed by atoms with Gasteiger partial charge in [0.25, 0.3) is 0 Å². The van der Waals surface area contributed by atoms with Crippen LogP contribution in [-0.4, -0.2) is 6.04 Å². The molecule has 0 aliphatic carbocycles. The highest BCUT2D eigenvalue weighted by molar-refractivity contribution is 4.72. The lowest BCUT2D eigenvalue weighted by atomic mass is 9.86. The first kappa shape index (κ1) is 15.9. The van der Waals surface area contributed by atoms with Gasteiger partial charge in [0.2, 0.25) is 0 Å². The molecule has 0 aromatic heterocycles.